The first-order chi connectivity index (χ1) is 29.7. The van der Waals surface area contributed by atoms with Gasteiger partial charge in [-0.15, -0.1) is 5.10 Å². The molecule has 5 aromatic carbocycles. The number of nitrogens with one attached hydrogen (secondary N) is 1. The van der Waals surface area contributed by atoms with E-state index in [9.17, 15) is 9.59 Å². The van der Waals surface area contributed by atoms with Gasteiger partial charge in [-0.3, -0.25) is 9.59 Å². The second-order valence-corrected chi connectivity index (χ2v) is 18.4. The number of tetrazole rings is 1. The molecule has 320 valence electrons. The number of thioether (sulfide) groups is 1. The van der Waals surface area contributed by atoms with Crippen LogP contribution in [0.4, 0.5) is 11.4 Å². The van der Waals surface area contributed by atoms with Gasteiger partial charge in [0.25, 0.3) is 11.8 Å². The number of amides is 2. The zero-order valence-corrected chi connectivity index (χ0v) is 37.9. The molecule has 0 saturated heterocycles. The van der Waals surface area contributed by atoms with Crippen molar-refractivity contribution in [2.45, 2.75) is 95.6 Å². The van der Waals surface area contributed by atoms with E-state index in [-0.39, 0.29) is 28.6 Å². The standard InChI is InChI=1S/C49H52ClN7O4S/c1-9-48(5,6)34-23-27-42(38(29-34)49(7,8)10-2)60-30-43(58)51-39-18-14-15-19-40(39)57-46(59)45(44(53-57)33-21-24-35(50)25-22-33)61-41-26-20-31(3)28-37(41)32(4)62-47-52-54-55-56(47)36-16-12-11-13-17-36/h11-29,32,45H,9-10,30H2,1-8H3,(H,51,58). The van der Waals surface area contributed by atoms with Crippen molar-refractivity contribution in [3.8, 4) is 17.2 Å². The van der Waals surface area contributed by atoms with Gasteiger partial charge in [-0.05, 0) is 102 Å². The van der Waals surface area contributed by atoms with Gasteiger partial charge in [0.15, 0.2) is 6.61 Å². The van der Waals surface area contributed by atoms with Gasteiger partial charge in [0, 0.05) is 27.0 Å². The molecule has 62 heavy (non-hydrogen) atoms. The van der Waals surface area contributed by atoms with Crippen LogP contribution in [-0.4, -0.2) is 50.4 Å². The minimum Gasteiger partial charge on any atom is -0.483 e. The largest absolute Gasteiger partial charge is 0.483 e. The predicted molar refractivity (Wildman–Crippen MR) is 248 cm³/mol. The molecule has 1 aliphatic rings. The van der Waals surface area contributed by atoms with Crippen molar-refractivity contribution >= 4 is 52.3 Å². The Morgan fingerprint density at radius 1 is 0.871 bits per heavy atom. The summed E-state index contributed by atoms with van der Waals surface area (Å²) in [6.45, 7) is 17.0. The zero-order valence-electron chi connectivity index (χ0n) is 36.3. The van der Waals surface area contributed by atoms with E-state index < -0.39 is 12.0 Å². The molecule has 6 aromatic rings. The number of nitrogens with zero attached hydrogens (tertiary/aromatic N) is 6. The molecule has 0 radical (unpaired) electrons. The molecule has 1 aliphatic heterocycles. The van der Waals surface area contributed by atoms with Crippen LogP contribution in [0.2, 0.25) is 5.02 Å². The SMILES string of the molecule is CCC(C)(C)c1ccc(OCC(=O)Nc2ccccc2N2N=C(c3ccc(Cl)cc3)C(Oc3ccc(C)cc3C(C)Sc3nnnn3-c3ccccc3)C2=O)c(C(C)(C)CC)c1. The van der Waals surface area contributed by atoms with Crippen molar-refractivity contribution in [1.29, 1.82) is 0 Å². The van der Waals surface area contributed by atoms with Crippen LogP contribution in [-0.2, 0) is 20.4 Å². The van der Waals surface area contributed by atoms with Crippen LogP contribution in [0.5, 0.6) is 11.5 Å². The summed E-state index contributed by atoms with van der Waals surface area (Å²) in [6.07, 6.45) is 0.743. The Morgan fingerprint density at radius 2 is 1.56 bits per heavy atom. The number of hydrazone groups is 1. The van der Waals surface area contributed by atoms with Crippen LogP contribution >= 0.6 is 23.4 Å². The Labute approximate surface area is 372 Å². The molecule has 7 rings (SSSR count). The molecular formula is C49H52ClN7O4S. The molecule has 0 fully saturated rings. The van der Waals surface area contributed by atoms with Gasteiger partial charge in [0.05, 0.1) is 17.1 Å². The van der Waals surface area contributed by atoms with E-state index in [1.54, 1.807) is 53.2 Å². The summed E-state index contributed by atoms with van der Waals surface area (Å²) in [5, 5.41) is 22.6. The lowest BCUT2D eigenvalue weighted by atomic mass is 9.76. The summed E-state index contributed by atoms with van der Waals surface area (Å²) in [6, 6.07) is 36.0. The Morgan fingerprint density at radius 3 is 2.29 bits per heavy atom. The maximum Gasteiger partial charge on any atom is 0.294 e. The van der Waals surface area contributed by atoms with Gasteiger partial charge in [0.1, 0.15) is 17.2 Å². The fraction of sp³-hybridized carbons (Fsp3) is 0.306. The third kappa shape index (κ3) is 9.56. The molecule has 11 nitrogen and oxygen atoms in total. The van der Waals surface area contributed by atoms with Crippen molar-refractivity contribution in [3.63, 3.8) is 0 Å². The molecule has 2 amide bonds. The number of hydrogen-bond donors (Lipinski definition) is 1. The highest BCUT2D eigenvalue weighted by Gasteiger charge is 2.41. The van der Waals surface area contributed by atoms with Crippen LogP contribution < -0.4 is 19.8 Å². The predicted octanol–water partition coefficient (Wildman–Crippen LogP) is 11.1. The van der Waals surface area contributed by atoms with E-state index in [1.165, 1.54) is 22.3 Å². The van der Waals surface area contributed by atoms with Crippen molar-refractivity contribution in [2.24, 2.45) is 5.10 Å². The fourth-order valence-electron chi connectivity index (χ4n) is 7.07. The lowest BCUT2D eigenvalue weighted by Crippen LogP contribution is -2.37. The lowest BCUT2D eigenvalue weighted by Gasteiger charge is -2.30. The highest BCUT2D eigenvalue weighted by atomic mass is 35.5. The van der Waals surface area contributed by atoms with Crippen LogP contribution in [0.1, 0.15) is 94.4 Å². The van der Waals surface area contributed by atoms with Crippen LogP contribution in [0.3, 0.4) is 0 Å². The number of carbonyl (C=O) groups excluding carboxylic acids is 2. The summed E-state index contributed by atoms with van der Waals surface area (Å²) >= 11 is 7.78. The van der Waals surface area contributed by atoms with E-state index >= 15 is 0 Å². The highest BCUT2D eigenvalue weighted by molar-refractivity contribution is 7.99. The van der Waals surface area contributed by atoms with Crippen molar-refractivity contribution < 1.29 is 19.1 Å². The third-order valence-corrected chi connectivity index (χ3v) is 12.9. The Balaban J connectivity index is 1.15. The number of aromatic nitrogens is 4. The monoisotopic (exact) mass is 869 g/mol. The maximum absolute atomic E-state index is 14.7. The molecule has 0 saturated carbocycles. The van der Waals surface area contributed by atoms with Crippen molar-refractivity contribution in [2.75, 3.05) is 16.9 Å². The first-order valence-electron chi connectivity index (χ1n) is 20.8. The number of ether oxygens (including phenoxy) is 2. The van der Waals surface area contributed by atoms with Gasteiger partial charge >= 0.3 is 0 Å². The molecule has 13 heteroatoms. The first kappa shape index (κ1) is 44.1. The van der Waals surface area contributed by atoms with E-state index in [2.05, 4.69) is 74.5 Å². The van der Waals surface area contributed by atoms with Crippen LogP contribution in [0, 0.1) is 6.92 Å². The van der Waals surface area contributed by atoms with Gasteiger partial charge in [0.2, 0.25) is 11.3 Å². The molecule has 1 N–H and O–H groups in total. The molecule has 2 unspecified atom stereocenters. The quantitative estimate of drug-likeness (QED) is 0.0954. The van der Waals surface area contributed by atoms with Gasteiger partial charge in [-0.1, -0.05) is 137 Å². The number of carbonyl (C=O) groups is 2. The molecule has 2 atom stereocenters. The number of anilines is 2. The summed E-state index contributed by atoms with van der Waals surface area (Å²) in [5.74, 6) is 0.355. The average molecular weight is 871 g/mol. The summed E-state index contributed by atoms with van der Waals surface area (Å²) in [5.41, 5.74) is 6.62. The minimum atomic E-state index is -1.14. The summed E-state index contributed by atoms with van der Waals surface area (Å²) in [7, 11) is 0. The lowest BCUT2D eigenvalue weighted by molar-refractivity contribution is -0.122. The van der Waals surface area contributed by atoms with E-state index in [0.717, 1.165) is 35.2 Å². The van der Waals surface area contributed by atoms with E-state index in [0.29, 0.717) is 44.3 Å². The van der Waals surface area contributed by atoms with Gasteiger partial charge in [-0.2, -0.15) is 14.8 Å². The minimum absolute atomic E-state index is 0.00511. The maximum atomic E-state index is 14.7. The molecule has 1 aromatic heterocycles. The summed E-state index contributed by atoms with van der Waals surface area (Å²) < 4.78 is 14.7. The number of aryl methyl sites for hydroxylation is 1. The molecule has 2 heterocycles. The molecule has 0 bridgehead atoms. The second-order valence-electron chi connectivity index (χ2n) is 16.7. The van der Waals surface area contributed by atoms with Crippen LogP contribution in [0.15, 0.2) is 126 Å². The average Bonchev–Trinajstić information content (AvgIpc) is 3.87. The molecule has 0 spiro atoms. The summed E-state index contributed by atoms with van der Waals surface area (Å²) in [4.78, 5) is 28.4. The Bertz CT molecular complexity index is 2590. The van der Waals surface area contributed by atoms with Crippen molar-refractivity contribution in [3.05, 3.63) is 148 Å². The Hall–Kier alpha value is -5.98. The normalized spacial score (nSPS) is 14.7. The van der Waals surface area contributed by atoms with E-state index in [4.69, 9.17) is 26.2 Å². The number of para-hydroxylation sites is 3. The molecular weight excluding hydrogens is 818 g/mol. The number of rotatable bonds is 16. The van der Waals surface area contributed by atoms with Crippen LogP contribution in [0.25, 0.3) is 5.69 Å². The highest BCUT2D eigenvalue weighted by Crippen LogP contribution is 2.42. The number of hydrogen-bond acceptors (Lipinski definition) is 9. The topological polar surface area (TPSA) is 124 Å². The van der Waals surface area contributed by atoms with Gasteiger partial charge < -0.3 is 14.8 Å². The Kier molecular flexibility index (Phi) is 13.2. The van der Waals surface area contributed by atoms with Gasteiger partial charge in [-0.25, -0.2) is 0 Å². The third-order valence-electron chi connectivity index (χ3n) is 11.6. The van der Waals surface area contributed by atoms with Crippen molar-refractivity contribution in [1.82, 2.24) is 20.2 Å². The fourth-order valence-corrected chi connectivity index (χ4v) is 8.14. The zero-order chi connectivity index (χ0) is 44.2. The smallest absolute Gasteiger partial charge is 0.294 e. The molecule has 0 aliphatic carbocycles. The number of halogens is 1. The first-order valence-corrected chi connectivity index (χ1v) is 22.1. The number of benzene rings is 5. The van der Waals surface area contributed by atoms with E-state index in [1.807, 2.05) is 68.4 Å². The second kappa shape index (κ2) is 18.6.